The fourth-order valence-corrected chi connectivity index (χ4v) is 3.11. The molecule has 2 nitrogen and oxygen atoms in total. The van der Waals surface area contributed by atoms with Crippen LogP contribution < -0.4 is 5.32 Å². The summed E-state index contributed by atoms with van der Waals surface area (Å²) in [4.78, 5) is 1.86. The van der Waals surface area contributed by atoms with E-state index in [0.29, 0.717) is 41.2 Å². The Kier molecular flexibility index (Phi) is 5.34. The predicted octanol–water partition coefficient (Wildman–Crippen LogP) is 4.00. The number of hydrogen-bond acceptors (Lipinski definition) is 2. The normalized spacial score (nSPS) is 19.1. The Balaban J connectivity index is 2.31. The summed E-state index contributed by atoms with van der Waals surface area (Å²) in [6.45, 7) is 2.60. The van der Waals surface area contributed by atoms with Gasteiger partial charge >= 0.3 is 6.18 Å². The third-order valence-corrected chi connectivity index (χ3v) is 4.29. The number of nitrogens with zero attached hydrogens (tertiary/aromatic N) is 1. The predicted molar refractivity (Wildman–Crippen MR) is 77.0 cm³/mol. The topological polar surface area (TPSA) is 15.3 Å². The highest BCUT2D eigenvalue weighted by Crippen LogP contribution is 2.38. The van der Waals surface area contributed by atoms with Crippen LogP contribution in [0.1, 0.15) is 18.0 Å². The molecule has 7 heteroatoms. The van der Waals surface area contributed by atoms with E-state index >= 15 is 0 Å². The molecule has 1 aliphatic rings. The van der Waals surface area contributed by atoms with Crippen LogP contribution in [0.3, 0.4) is 0 Å². The van der Waals surface area contributed by atoms with E-state index in [0.717, 1.165) is 0 Å². The minimum absolute atomic E-state index is 0.450. The van der Waals surface area contributed by atoms with Gasteiger partial charge in [-0.25, -0.2) is 0 Å². The van der Waals surface area contributed by atoms with Gasteiger partial charge in [0.1, 0.15) is 0 Å². The van der Waals surface area contributed by atoms with Gasteiger partial charge in [0.15, 0.2) is 0 Å². The second-order valence-corrected chi connectivity index (χ2v) is 6.08. The molecule has 1 N–H and O–H groups in total. The molecule has 1 aromatic rings. The number of piperazine rings is 1. The van der Waals surface area contributed by atoms with Crippen molar-refractivity contribution in [2.24, 2.45) is 0 Å². The third-order valence-electron chi connectivity index (χ3n) is 3.33. The molecule has 0 spiro atoms. The Labute approximate surface area is 129 Å². The molecule has 1 aromatic carbocycles. The summed E-state index contributed by atoms with van der Waals surface area (Å²) in [5.41, 5.74) is 0.594. The minimum Gasteiger partial charge on any atom is -0.314 e. The maximum Gasteiger partial charge on any atom is 0.390 e. The fraction of sp³-hybridized carbons (Fsp3) is 0.538. The summed E-state index contributed by atoms with van der Waals surface area (Å²) in [7, 11) is 0. The molecular weight excluding hydrogens is 357 g/mol. The van der Waals surface area contributed by atoms with Crippen molar-refractivity contribution in [3.8, 4) is 0 Å². The average molecular weight is 372 g/mol. The molecule has 20 heavy (non-hydrogen) atoms. The van der Waals surface area contributed by atoms with Crippen LogP contribution in [0.5, 0.6) is 0 Å². The largest absolute Gasteiger partial charge is 0.390 e. The number of benzene rings is 1. The van der Waals surface area contributed by atoms with Gasteiger partial charge < -0.3 is 5.32 Å². The van der Waals surface area contributed by atoms with Crippen molar-refractivity contribution >= 4 is 27.5 Å². The van der Waals surface area contributed by atoms with Gasteiger partial charge in [0.25, 0.3) is 0 Å². The van der Waals surface area contributed by atoms with E-state index in [9.17, 15) is 13.2 Å². The summed E-state index contributed by atoms with van der Waals surface area (Å²) < 4.78 is 39.3. The SMILES string of the molecule is FC(F)(F)C[C@@H](c1cc(Cl)ccc1Br)N1CCNCC1. The molecule has 0 saturated carbocycles. The molecular formula is C13H15BrClF3N2. The van der Waals surface area contributed by atoms with Gasteiger partial charge in [0.2, 0.25) is 0 Å². The van der Waals surface area contributed by atoms with Crippen molar-refractivity contribution in [1.29, 1.82) is 0 Å². The van der Waals surface area contributed by atoms with Crippen LogP contribution >= 0.6 is 27.5 Å². The molecule has 0 radical (unpaired) electrons. The van der Waals surface area contributed by atoms with Crippen LogP contribution in [0.4, 0.5) is 13.2 Å². The van der Waals surface area contributed by atoms with Crippen LogP contribution in [0.2, 0.25) is 5.02 Å². The summed E-state index contributed by atoms with van der Waals surface area (Å²) in [6, 6.07) is 4.27. The summed E-state index contributed by atoms with van der Waals surface area (Å²) in [6.07, 6.45) is -5.08. The number of hydrogen-bond donors (Lipinski definition) is 1. The van der Waals surface area contributed by atoms with Crippen molar-refractivity contribution in [3.63, 3.8) is 0 Å². The van der Waals surface area contributed by atoms with E-state index < -0.39 is 18.6 Å². The molecule has 1 fully saturated rings. The van der Waals surface area contributed by atoms with E-state index in [-0.39, 0.29) is 0 Å². The fourth-order valence-electron chi connectivity index (χ4n) is 2.42. The highest BCUT2D eigenvalue weighted by molar-refractivity contribution is 9.10. The lowest BCUT2D eigenvalue weighted by molar-refractivity contribution is -0.148. The summed E-state index contributed by atoms with van der Waals surface area (Å²) in [5, 5.41) is 3.60. The van der Waals surface area contributed by atoms with Gasteiger partial charge in [-0.05, 0) is 23.8 Å². The smallest absolute Gasteiger partial charge is 0.314 e. The zero-order valence-electron chi connectivity index (χ0n) is 10.7. The van der Waals surface area contributed by atoms with Crippen LogP contribution in [0.25, 0.3) is 0 Å². The van der Waals surface area contributed by atoms with Gasteiger partial charge in [0, 0.05) is 41.7 Å². The maximum atomic E-state index is 12.9. The van der Waals surface area contributed by atoms with E-state index in [2.05, 4.69) is 21.2 Å². The standard InChI is InChI=1S/C13H15BrClF3N2/c14-11-2-1-9(15)7-10(11)12(8-13(16,17)18)20-5-3-19-4-6-20/h1-2,7,12,19H,3-6,8H2/t12-/m0/s1. The molecule has 1 atom stereocenters. The summed E-state index contributed by atoms with van der Waals surface area (Å²) in [5.74, 6) is 0. The minimum atomic E-state index is -4.21. The number of halogens is 5. The van der Waals surface area contributed by atoms with E-state index in [4.69, 9.17) is 11.6 Å². The lowest BCUT2D eigenvalue weighted by atomic mass is 10.0. The van der Waals surface area contributed by atoms with Gasteiger partial charge in [-0.2, -0.15) is 13.2 Å². The molecule has 0 unspecified atom stereocenters. The molecule has 2 rings (SSSR count). The monoisotopic (exact) mass is 370 g/mol. The summed E-state index contributed by atoms with van der Waals surface area (Å²) >= 11 is 9.28. The lowest BCUT2D eigenvalue weighted by Gasteiger charge is -2.36. The third kappa shape index (κ3) is 4.35. The zero-order valence-corrected chi connectivity index (χ0v) is 13.0. The first-order chi connectivity index (χ1) is 9.37. The van der Waals surface area contributed by atoms with E-state index in [1.807, 2.05) is 4.90 Å². The van der Waals surface area contributed by atoms with Crippen LogP contribution in [-0.2, 0) is 0 Å². The van der Waals surface area contributed by atoms with Gasteiger partial charge in [-0.3, -0.25) is 4.90 Å². The molecule has 112 valence electrons. The molecule has 1 aliphatic heterocycles. The average Bonchev–Trinajstić information content (AvgIpc) is 2.39. The van der Waals surface area contributed by atoms with Crippen molar-refractivity contribution in [3.05, 3.63) is 33.3 Å². The van der Waals surface area contributed by atoms with E-state index in [1.54, 1.807) is 18.2 Å². The van der Waals surface area contributed by atoms with Gasteiger partial charge in [-0.1, -0.05) is 27.5 Å². The van der Waals surface area contributed by atoms with Crippen molar-refractivity contribution in [2.45, 2.75) is 18.6 Å². The van der Waals surface area contributed by atoms with Crippen LogP contribution in [-0.4, -0.2) is 37.3 Å². The molecule has 0 amide bonds. The van der Waals surface area contributed by atoms with Gasteiger partial charge in [0.05, 0.1) is 6.42 Å². The Morgan fingerprint density at radius 1 is 1.30 bits per heavy atom. The van der Waals surface area contributed by atoms with Crippen molar-refractivity contribution in [2.75, 3.05) is 26.2 Å². The Morgan fingerprint density at radius 2 is 1.95 bits per heavy atom. The highest BCUT2D eigenvalue weighted by atomic mass is 79.9. The van der Waals surface area contributed by atoms with Crippen molar-refractivity contribution < 1.29 is 13.2 Å². The number of rotatable bonds is 3. The van der Waals surface area contributed by atoms with Gasteiger partial charge in [-0.15, -0.1) is 0 Å². The lowest BCUT2D eigenvalue weighted by Crippen LogP contribution is -2.46. The molecule has 0 bridgehead atoms. The maximum absolute atomic E-state index is 12.9. The van der Waals surface area contributed by atoms with E-state index in [1.165, 1.54) is 0 Å². The first-order valence-electron chi connectivity index (χ1n) is 6.33. The van der Waals surface area contributed by atoms with Crippen LogP contribution in [0.15, 0.2) is 22.7 Å². The molecule has 1 saturated heterocycles. The Bertz CT molecular complexity index is 461. The Hall–Kier alpha value is -0.300. The molecule has 0 aliphatic carbocycles. The van der Waals surface area contributed by atoms with Crippen LogP contribution in [0, 0.1) is 0 Å². The quantitative estimate of drug-likeness (QED) is 0.864. The molecule has 0 aromatic heterocycles. The number of nitrogens with one attached hydrogen (secondary N) is 1. The Morgan fingerprint density at radius 3 is 2.55 bits per heavy atom. The first-order valence-corrected chi connectivity index (χ1v) is 7.50. The first kappa shape index (κ1) is 16.1. The second-order valence-electron chi connectivity index (χ2n) is 4.79. The van der Waals surface area contributed by atoms with Crippen molar-refractivity contribution in [1.82, 2.24) is 10.2 Å². The highest BCUT2D eigenvalue weighted by Gasteiger charge is 2.36. The zero-order chi connectivity index (χ0) is 14.8. The second kappa shape index (κ2) is 6.64. The molecule has 1 heterocycles. The number of alkyl halides is 3.